The first-order valence-corrected chi connectivity index (χ1v) is 7.28. The number of aromatic nitrogens is 1. The molecule has 0 atom stereocenters. The van der Waals surface area contributed by atoms with Crippen molar-refractivity contribution in [3.8, 4) is 28.5 Å². The summed E-state index contributed by atoms with van der Waals surface area (Å²) < 4.78 is 0. The molecule has 0 aliphatic rings. The lowest BCUT2D eigenvalue weighted by atomic mass is 9.98. The molecule has 0 fully saturated rings. The smallest absolute Gasteiger partial charge is 0.0991 e. The standard InChI is InChI=1S/C19H13ClN2/c1-13-3-2-4-16(9-13)19-18(10-17(20)12-22-19)15-7-5-14(11-21)6-8-15/h2-10,12H,1H3. The van der Waals surface area contributed by atoms with Crippen molar-refractivity contribution < 1.29 is 0 Å². The van der Waals surface area contributed by atoms with E-state index >= 15 is 0 Å². The van der Waals surface area contributed by atoms with Gasteiger partial charge in [-0.15, -0.1) is 0 Å². The van der Waals surface area contributed by atoms with Crippen LogP contribution in [0.5, 0.6) is 0 Å². The summed E-state index contributed by atoms with van der Waals surface area (Å²) in [5.74, 6) is 0. The summed E-state index contributed by atoms with van der Waals surface area (Å²) in [6.45, 7) is 2.06. The van der Waals surface area contributed by atoms with E-state index in [2.05, 4.69) is 30.1 Å². The number of aryl methyl sites for hydroxylation is 1. The highest BCUT2D eigenvalue weighted by atomic mass is 35.5. The highest BCUT2D eigenvalue weighted by Crippen LogP contribution is 2.32. The molecule has 0 aliphatic heterocycles. The molecule has 106 valence electrons. The summed E-state index contributed by atoms with van der Waals surface area (Å²) in [4.78, 5) is 4.51. The number of rotatable bonds is 2. The largest absolute Gasteiger partial charge is 0.254 e. The lowest BCUT2D eigenvalue weighted by Gasteiger charge is -2.10. The van der Waals surface area contributed by atoms with Gasteiger partial charge in [-0.1, -0.05) is 47.5 Å². The van der Waals surface area contributed by atoms with E-state index in [1.54, 1.807) is 18.3 Å². The molecule has 0 saturated carbocycles. The van der Waals surface area contributed by atoms with Crippen LogP contribution in [0.3, 0.4) is 0 Å². The van der Waals surface area contributed by atoms with Gasteiger partial charge in [-0.2, -0.15) is 5.26 Å². The Morgan fingerprint density at radius 1 is 1.00 bits per heavy atom. The molecule has 0 spiro atoms. The molecule has 0 radical (unpaired) electrons. The van der Waals surface area contributed by atoms with E-state index in [1.165, 1.54) is 5.56 Å². The van der Waals surface area contributed by atoms with E-state index in [1.807, 2.05) is 30.3 Å². The van der Waals surface area contributed by atoms with Crippen molar-refractivity contribution >= 4 is 11.6 Å². The average Bonchev–Trinajstić information content (AvgIpc) is 2.55. The third-order valence-corrected chi connectivity index (χ3v) is 3.68. The number of pyridine rings is 1. The molecule has 2 nitrogen and oxygen atoms in total. The van der Waals surface area contributed by atoms with Crippen LogP contribution in [-0.2, 0) is 0 Å². The summed E-state index contributed by atoms with van der Waals surface area (Å²) in [5.41, 5.74) is 5.71. The SMILES string of the molecule is Cc1cccc(-c2ncc(Cl)cc2-c2ccc(C#N)cc2)c1. The van der Waals surface area contributed by atoms with E-state index in [0.29, 0.717) is 10.6 Å². The van der Waals surface area contributed by atoms with Crippen LogP contribution in [0.2, 0.25) is 5.02 Å². The topological polar surface area (TPSA) is 36.7 Å². The molecule has 0 amide bonds. The zero-order valence-corrected chi connectivity index (χ0v) is 12.8. The third kappa shape index (κ3) is 2.86. The predicted octanol–water partition coefficient (Wildman–Crippen LogP) is 5.25. The van der Waals surface area contributed by atoms with Crippen molar-refractivity contribution in [2.45, 2.75) is 6.92 Å². The fraction of sp³-hybridized carbons (Fsp3) is 0.0526. The van der Waals surface area contributed by atoms with Crippen LogP contribution in [0, 0.1) is 18.3 Å². The normalized spacial score (nSPS) is 10.2. The Balaban J connectivity index is 2.18. The molecule has 2 aromatic carbocycles. The molecule has 3 aromatic rings. The van der Waals surface area contributed by atoms with Gasteiger partial charge in [-0.05, 0) is 36.8 Å². The summed E-state index contributed by atoms with van der Waals surface area (Å²) in [6.07, 6.45) is 1.66. The summed E-state index contributed by atoms with van der Waals surface area (Å²) in [5, 5.41) is 9.52. The second kappa shape index (κ2) is 6.01. The summed E-state index contributed by atoms with van der Waals surface area (Å²) in [7, 11) is 0. The van der Waals surface area contributed by atoms with Crippen molar-refractivity contribution in [3.63, 3.8) is 0 Å². The van der Waals surface area contributed by atoms with Crippen molar-refractivity contribution in [1.82, 2.24) is 4.98 Å². The number of hydrogen-bond acceptors (Lipinski definition) is 2. The van der Waals surface area contributed by atoms with E-state index < -0.39 is 0 Å². The fourth-order valence-electron chi connectivity index (χ4n) is 2.41. The Kier molecular flexibility index (Phi) is 3.91. The molecular formula is C19H13ClN2. The van der Waals surface area contributed by atoms with Gasteiger partial charge in [0.2, 0.25) is 0 Å². The van der Waals surface area contributed by atoms with E-state index in [4.69, 9.17) is 16.9 Å². The first kappa shape index (κ1) is 14.3. The zero-order chi connectivity index (χ0) is 15.5. The average molecular weight is 305 g/mol. The van der Waals surface area contributed by atoms with Crippen LogP contribution in [0.15, 0.2) is 60.8 Å². The maximum absolute atomic E-state index is 8.92. The second-order valence-electron chi connectivity index (χ2n) is 5.11. The molecule has 1 aromatic heterocycles. The van der Waals surface area contributed by atoms with Gasteiger partial charge in [0.1, 0.15) is 0 Å². The van der Waals surface area contributed by atoms with Crippen LogP contribution >= 0.6 is 11.6 Å². The van der Waals surface area contributed by atoms with Crippen molar-refractivity contribution in [2.75, 3.05) is 0 Å². The highest BCUT2D eigenvalue weighted by Gasteiger charge is 2.10. The van der Waals surface area contributed by atoms with Gasteiger partial charge in [0.25, 0.3) is 0 Å². The number of halogens is 1. The van der Waals surface area contributed by atoms with E-state index in [0.717, 1.165) is 22.4 Å². The fourth-order valence-corrected chi connectivity index (χ4v) is 2.56. The Labute approximate surface area is 134 Å². The van der Waals surface area contributed by atoms with Gasteiger partial charge in [0, 0.05) is 17.3 Å². The van der Waals surface area contributed by atoms with Gasteiger partial charge in [-0.25, -0.2) is 0 Å². The Hall–Kier alpha value is -2.63. The Morgan fingerprint density at radius 3 is 2.45 bits per heavy atom. The first-order chi connectivity index (χ1) is 10.7. The van der Waals surface area contributed by atoms with Crippen molar-refractivity contribution in [1.29, 1.82) is 5.26 Å². The predicted molar refractivity (Wildman–Crippen MR) is 89.6 cm³/mol. The molecule has 1 heterocycles. The van der Waals surface area contributed by atoms with Gasteiger partial charge < -0.3 is 0 Å². The minimum Gasteiger partial charge on any atom is -0.254 e. The monoisotopic (exact) mass is 304 g/mol. The number of hydrogen-bond donors (Lipinski definition) is 0. The van der Waals surface area contributed by atoms with Crippen LogP contribution < -0.4 is 0 Å². The zero-order valence-electron chi connectivity index (χ0n) is 12.0. The minimum atomic E-state index is 0.593. The maximum atomic E-state index is 8.92. The van der Waals surface area contributed by atoms with Gasteiger partial charge in [0.15, 0.2) is 0 Å². The molecule has 0 bridgehead atoms. The number of nitrogens with zero attached hydrogens (tertiary/aromatic N) is 2. The van der Waals surface area contributed by atoms with Crippen LogP contribution in [0.25, 0.3) is 22.4 Å². The lowest BCUT2D eigenvalue weighted by Crippen LogP contribution is -1.90. The van der Waals surface area contributed by atoms with Crippen LogP contribution in [-0.4, -0.2) is 4.98 Å². The van der Waals surface area contributed by atoms with Gasteiger partial charge >= 0.3 is 0 Å². The van der Waals surface area contributed by atoms with Crippen molar-refractivity contribution in [2.24, 2.45) is 0 Å². The second-order valence-corrected chi connectivity index (χ2v) is 5.54. The Morgan fingerprint density at radius 2 is 1.77 bits per heavy atom. The summed E-state index contributed by atoms with van der Waals surface area (Å²) >= 11 is 6.13. The highest BCUT2D eigenvalue weighted by molar-refractivity contribution is 6.30. The molecular weight excluding hydrogens is 292 g/mol. The van der Waals surface area contributed by atoms with Gasteiger partial charge in [-0.3, -0.25) is 4.98 Å². The third-order valence-electron chi connectivity index (χ3n) is 3.47. The minimum absolute atomic E-state index is 0.593. The van der Waals surface area contributed by atoms with E-state index in [9.17, 15) is 0 Å². The van der Waals surface area contributed by atoms with Crippen LogP contribution in [0.4, 0.5) is 0 Å². The molecule has 3 heteroatoms. The molecule has 0 unspecified atom stereocenters. The molecule has 22 heavy (non-hydrogen) atoms. The number of nitriles is 1. The molecule has 0 saturated heterocycles. The molecule has 0 aliphatic carbocycles. The van der Waals surface area contributed by atoms with Crippen molar-refractivity contribution in [3.05, 3.63) is 76.9 Å². The van der Waals surface area contributed by atoms with E-state index in [-0.39, 0.29) is 0 Å². The maximum Gasteiger partial charge on any atom is 0.0991 e. The Bertz CT molecular complexity index is 861. The molecule has 0 N–H and O–H groups in total. The van der Waals surface area contributed by atoms with Gasteiger partial charge in [0.05, 0.1) is 22.3 Å². The first-order valence-electron chi connectivity index (χ1n) is 6.90. The molecule has 3 rings (SSSR count). The van der Waals surface area contributed by atoms with Crippen LogP contribution in [0.1, 0.15) is 11.1 Å². The quantitative estimate of drug-likeness (QED) is 0.648. The number of benzene rings is 2. The lowest BCUT2D eigenvalue weighted by molar-refractivity contribution is 1.32. The summed E-state index contributed by atoms with van der Waals surface area (Å²) in [6, 6.07) is 19.7.